The van der Waals surface area contributed by atoms with Crippen molar-refractivity contribution in [2.45, 2.75) is 45.6 Å². The van der Waals surface area contributed by atoms with E-state index in [4.69, 9.17) is 0 Å². The van der Waals surface area contributed by atoms with Crippen LogP contribution in [0.2, 0.25) is 0 Å². The van der Waals surface area contributed by atoms with Gasteiger partial charge in [0.05, 0.1) is 5.69 Å². The summed E-state index contributed by atoms with van der Waals surface area (Å²) in [5, 5.41) is 3.35. The maximum atomic E-state index is 4.67. The highest BCUT2D eigenvalue weighted by Gasteiger charge is 2.16. The maximum Gasteiger partial charge on any atom is 0.126 e. The second-order valence-electron chi connectivity index (χ2n) is 5.79. The first kappa shape index (κ1) is 14.3. The monoisotopic (exact) mass is 261 g/mol. The average molecular weight is 261 g/mol. The van der Waals surface area contributed by atoms with Gasteiger partial charge in [0.25, 0.3) is 0 Å². The van der Waals surface area contributed by atoms with Gasteiger partial charge in [-0.15, -0.1) is 0 Å². The smallest absolute Gasteiger partial charge is 0.126 e. The molecule has 0 bridgehead atoms. The molecule has 3 heteroatoms. The predicted octanol–water partition coefficient (Wildman–Crippen LogP) is 3.53. The van der Waals surface area contributed by atoms with E-state index in [9.17, 15) is 0 Å². The Hall–Kier alpha value is -1.09. The molecular formula is C16H27N3. The second kappa shape index (κ2) is 7.49. The van der Waals surface area contributed by atoms with E-state index < -0.39 is 0 Å². The summed E-state index contributed by atoms with van der Waals surface area (Å²) < 4.78 is 0. The molecule has 0 unspecified atom stereocenters. The first-order valence-corrected chi connectivity index (χ1v) is 7.66. The third-order valence-electron chi connectivity index (χ3n) is 3.84. The largest absolute Gasteiger partial charge is 0.370 e. The minimum atomic E-state index is 0.909. The molecule has 1 aliphatic rings. The summed E-state index contributed by atoms with van der Waals surface area (Å²) in [7, 11) is 2.21. The van der Waals surface area contributed by atoms with Gasteiger partial charge >= 0.3 is 0 Å². The first-order valence-electron chi connectivity index (χ1n) is 7.66. The Morgan fingerprint density at radius 1 is 1.32 bits per heavy atom. The van der Waals surface area contributed by atoms with Gasteiger partial charge in [0.15, 0.2) is 0 Å². The standard InChI is InChI=1S/C16H27N3/c1-3-11-17-16-10-6-9-15(18-16)13-19(2)12-14-7-4-5-8-14/h6,9-10,14H,3-5,7-8,11-13H2,1-2H3,(H,17,18). The van der Waals surface area contributed by atoms with Gasteiger partial charge in [-0.05, 0) is 44.4 Å². The normalized spacial score (nSPS) is 16.2. The third kappa shape index (κ3) is 4.83. The molecule has 2 rings (SSSR count). The van der Waals surface area contributed by atoms with Crippen LogP contribution in [-0.2, 0) is 6.54 Å². The Morgan fingerprint density at radius 2 is 2.11 bits per heavy atom. The van der Waals surface area contributed by atoms with Crippen molar-refractivity contribution in [1.82, 2.24) is 9.88 Å². The van der Waals surface area contributed by atoms with Crippen molar-refractivity contribution in [3.05, 3.63) is 23.9 Å². The van der Waals surface area contributed by atoms with E-state index in [1.807, 2.05) is 0 Å². The van der Waals surface area contributed by atoms with Crippen LogP contribution in [0, 0.1) is 5.92 Å². The molecule has 1 N–H and O–H groups in total. The third-order valence-corrected chi connectivity index (χ3v) is 3.84. The van der Waals surface area contributed by atoms with Crippen molar-refractivity contribution in [3.63, 3.8) is 0 Å². The molecule has 0 radical (unpaired) electrons. The Morgan fingerprint density at radius 3 is 2.84 bits per heavy atom. The Labute approximate surface area is 117 Å². The molecule has 0 aliphatic heterocycles. The molecule has 1 fully saturated rings. The lowest BCUT2D eigenvalue weighted by Gasteiger charge is -2.20. The number of pyridine rings is 1. The van der Waals surface area contributed by atoms with Crippen LogP contribution in [0.25, 0.3) is 0 Å². The first-order chi connectivity index (χ1) is 9.28. The van der Waals surface area contributed by atoms with Gasteiger partial charge in [-0.2, -0.15) is 0 Å². The predicted molar refractivity (Wildman–Crippen MR) is 81.3 cm³/mol. The van der Waals surface area contributed by atoms with Crippen molar-refractivity contribution in [2.75, 3.05) is 25.5 Å². The lowest BCUT2D eigenvalue weighted by Crippen LogP contribution is -2.24. The molecule has 19 heavy (non-hydrogen) atoms. The molecule has 0 saturated heterocycles. The lowest BCUT2D eigenvalue weighted by atomic mass is 10.1. The molecule has 0 amide bonds. The molecule has 106 valence electrons. The van der Waals surface area contributed by atoms with Gasteiger partial charge in [0.1, 0.15) is 5.82 Å². The molecule has 0 atom stereocenters. The van der Waals surface area contributed by atoms with Crippen LogP contribution in [0.5, 0.6) is 0 Å². The van der Waals surface area contributed by atoms with Crippen molar-refractivity contribution in [2.24, 2.45) is 5.92 Å². The van der Waals surface area contributed by atoms with Crippen LogP contribution >= 0.6 is 0 Å². The van der Waals surface area contributed by atoms with Gasteiger partial charge in [-0.25, -0.2) is 4.98 Å². The average Bonchev–Trinajstić information content (AvgIpc) is 2.89. The highest BCUT2D eigenvalue weighted by atomic mass is 15.1. The summed E-state index contributed by atoms with van der Waals surface area (Å²) in [5.74, 6) is 1.92. The van der Waals surface area contributed by atoms with Crippen molar-refractivity contribution in [3.8, 4) is 0 Å². The number of hydrogen-bond acceptors (Lipinski definition) is 3. The van der Waals surface area contributed by atoms with Crippen LogP contribution in [0.1, 0.15) is 44.7 Å². The summed E-state index contributed by atoms with van der Waals surface area (Å²) in [6.07, 6.45) is 6.81. The molecule has 1 heterocycles. The zero-order chi connectivity index (χ0) is 13.5. The Balaban J connectivity index is 1.83. The minimum absolute atomic E-state index is 0.909. The summed E-state index contributed by atoms with van der Waals surface area (Å²) in [4.78, 5) is 7.09. The van der Waals surface area contributed by atoms with Gasteiger partial charge < -0.3 is 10.2 Å². The fourth-order valence-corrected chi connectivity index (χ4v) is 2.89. The molecule has 1 aromatic heterocycles. The van der Waals surface area contributed by atoms with E-state index in [-0.39, 0.29) is 0 Å². The maximum absolute atomic E-state index is 4.67. The fourth-order valence-electron chi connectivity index (χ4n) is 2.89. The minimum Gasteiger partial charge on any atom is -0.370 e. The number of nitrogens with one attached hydrogen (secondary N) is 1. The van der Waals surface area contributed by atoms with E-state index in [0.717, 1.165) is 31.2 Å². The summed E-state index contributed by atoms with van der Waals surface area (Å²) >= 11 is 0. The van der Waals surface area contributed by atoms with Gasteiger partial charge in [0, 0.05) is 19.6 Å². The molecule has 3 nitrogen and oxygen atoms in total. The Kier molecular flexibility index (Phi) is 5.64. The van der Waals surface area contributed by atoms with Gasteiger partial charge in [-0.1, -0.05) is 25.8 Å². The lowest BCUT2D eigenvalue weighted by molar-refractivity contribution is 0.268. The SMILES string of the molecule is CCCNc1cccc(CN(C)CC2CCCC2)n1. The Bertz CT molecular complexity index is 372. The van der Waals surface area contributed by atoms with Crippen molar-refractivity contribution < 1.29 is 0 Å². The van der Waals surface area contributed by atoms with Gasteiger partial charge in [0.2, 0.25) is 0 Å². The zero-order valence-corrected chi connectivity index (χ0v) is 12.4. The van der Waals surface area contributed by atoms with Crippen LogP contribution < -0.4 is 5.32 Å². The van der Waals surface area contributed by atoms with Crippen LogP contribution in [0.3, 0.4) is 0 Å². The quantitative estimate of drug-likeness (QED) is 0.814. The van der Waals surface area contributed by atoms with Crippen LogP contribution in [0.4, 0.5) is 5.82 Å². The number of anilines is 1. The van der Waals surface area contributed by atoms with Crippen molar-refractivity contribution >= 4 is 5.82 Å². The molecule has 1 saturated carbocycles. The summed E-state index contributed by atoms with van der Waals surface area (Å²) in [5.41, 5.74) is 1.17. The number of nitrogens with zero attached hydrogens (tertiary/aromatic N) is 2. The van der Waals surface area contributed by atoms with E-state index in [1.54, 1.807) is 0 Å². The van der Waals surface area contributed by atoms with E-state index in [1.165, 1.54) is 37.9 Å². The number of aromatic nitrogens is 1. The molecule has 1 aliphatic carbocycles. The van der Waals surface area contributed by atoms with E-state index in [2.05, 4.69) is 47.4 Å². The van der Waals surface area contributed by atoms with E-state index in [0.29, 0.717) is 0 Å². The second-order valence-corrected chi connectivity index (χ2v) is 5.79. The number of hydrogen-bond donors (Lipinski definition) is 1. The molecule has 0 spiro atoms. The molecular weight excluding hydrogens is 234 g/mol. The molecule has 0 aromatic carbocycles. The number of rotatable bonds is 7. The highest BCUT2D eigenvalue weighted by Crippen LogP contribution is 2.25. The van der Waals surface area contributed by atoms with Crippen LogP contribution in [0.15, 0.2) is 18.2 Å². The highest BCUT2D eigenvalue weighted by molar-refractivity contribution is 5.35. The summed E-state index contributed by atoms with van der Waals surface area (Å²) in [6, 6.07) is 6.28. The topological polar surface area (TPSA) is 28.2 Å². The summed E-state index contributed by atoms with van der Waals surface area (Å²) in [6.45, 7) is 5.34. The van der Waals surface area contributed by atoms with Gasteiger partial charge in [-0.3, -0.25) is 0 Å². The fraction of sp³-hybridized carbons (Fsp3) is 0.688. The van der Waals surface area contributed by atoms with Crippen molar-refractivity contribution in [1.29, 1.82) is 0 Å². The van der Waals surface area contributed by atoms with E-state index >= 15 is 0 Å². The zero-order valence-electron chi connectivity index (χ0n) is 12.4. The van der Waals surface area contributed by atoms with Crippen LogP contribution in [-0.4, -0.2) is 30.0 Å². The molecule has 1 aromatic rings.